The van der Waals surface area contributed by atoms with E-state index >= 15 is 0 Å². The van der Waals surface area contributed by atoms with Crippen molar-refractivity contribution < 1.29 is 37.6 Å². The van der Waals surface area contributed by atoms with E-state index in [9.17, 15) is 19.0 Å². The van der Waals surface area contributed by atoms with Crippen LogP contribution in [0.3, 0.4) is 0 Å². The Bertz CT molecular complexity index is 1300. The molecule has 0 aliphatic heterocycles. The Morgan fingerprint density at radius 2 is 0.765 bits per heavy atom. The third kappa shape index (κ3) is 53.1. The van der Waals surface area contributed by atoms with Gasteiger partial charge in [0.2, 0.25) is 0 Å². The molecule has 2 unspecified atom stereocenters. The van der Waals surface area contributed by atoms with Gasteiger partial charge < -0.3 is 20.1 Å². The Labute approximate surface area is 419 Å². The average Bonchev–Trinajstić information content (AvgIpc) is 3.33. The summed E-state index contributed by atoms with van der Waals surface area (Å²) in [4.78, 5) is 35.1. The molecule has 0 aromatic heterocycles. The lowest BCUT2D eigenvalue weighted by atomic mass is 10.0. The Hall–Kier alpha value is -2.29. The minimum Gasteiger partial charge on any atom is -0.462 e. The van der Waals surface area contributed by atoms with E-state index in [0.29, 0.717) is 6.42 Å². The molecule has 0 heterocycles. The van der Waals surface area contributed by atoms with Crippen molar-refractivity contribution in [1.82, 2.24) is 0 Å². The fraction of sp³-hybridized carbons (Fsp3) is 0.793. The van der Waals surface area contributed by atoms with Gasteiger partial charge in [0.05, 0.1) is 13.2 Å². The minimum absolute atomic E-state index is 0.0509. The lowest BCUT2D eigenvalue weighted by Gasteiger charge is -2.19. The van der Waals surface area contributed by atoms with E-state index in [4.69, 9.17) is 24.3 Å². The summed E-state index contributed by atoms with van der Waals surface area (Å²) in [5.41, 5.74) is 5.38. The number of phosphoric ester groups is 1. The van der Waals surface area contributed by atoms with Crippen LogP contribution in [0.1, 0.15) is 264 Å². The van der Waals surface area contributed by atoms with Gasteiger partial charge in [0.1, 0.15) is 6.61 Å². The van der Waals surface area contributed by atoms with Crippen LogP contribution in [0.15, 0.2) is 60.8 Å². The second-order valence-corrected chi connectivity index (χ2v) is 20.3. The first-order valence-electron chi connectivity index (χ1n) is 28.3. The number of esters is 2. The zero-order chi connectivity index (χ0) is 49.5. The minimum atomic E-state index is -4.39. The van der Waals surface area contributed by atoms with E-state index in [1.165, 1.54) is 161 Å². The number of phosphoric acid groups is 1. The van der Waals surface area contributed by atoms with Crippen LogP contribution in [0.25, 0.3) is 0 Å². The van der Waals surface area contributed by atoms with Gasteiger partial charge in [-0.15, -0.1) is 0 Å². The lowest BCUT2D eigenvalue weighted by Crippen LogP contribution is -2.29. The molecule has 0 radical (unpaired) electrons. The van der Waals surface area contributed by atoms with Gasteiger partial charge in [-0.3, -0.25) is 18.6 Å². The number of rotatable bonds is 53. The Kier molecular flexibility index (Phi) is 52.2. The highest BCUT2D eigenvalue weighted by Crippen LogP contribution is 2.43. The van der Waals surface area contributed by atoms with E-state index in [1.807, 2.05) is 0 Å². The van der Waals surface area contributed by atoms with Crippen molar-refractivity contribution in [3.8, 4) is 0 Å². The topological polar surface area (TPSA) is 134 Å². The van der Waals surface area contributed by atoms with Crippen LogP contribution in [0.2, 0.25) is 0 Å². The van der Waals surface area contributed by atoms with Gasteiger partial charge in [-0.2, -0.15) is 0 Å². The van der Waals surface area contributed by atoms with Crippen molar-refractivity contribution in [1.29, 1.82) is 0 Å². The number of hydrogen-bond donors (Lipinski definition) is 2. The summed E-state index contributed by atoms with van der Waals surface area (Å²) in [5, 5.41) is 0. The first-order valence-corrected chi connectivity index (χ1v) is 29.8. The molecule has 68 heavy (non-hydrogen) atoms. The largest absolute Gasteiger partial charge is 0.472 e. The van der Waals surface area contributed by atoms with Crippen LogP contribution in [-0.2, 0) is 32.7 Å². The maximum atomic E-state index is 12.7. The molecule has 10 heteroatoms. The zero-order valence-corrected chi connectivity index (χ0v) is 45.0. The number of carbonyl (C=O) groups is 2. The summed E-state index contributed by atoms with van der Waals surface area (Å²) in [6.45, 7) is 3.73. The molecule has 2 atom stereocenters. The Morgan fingerprint density at radius 1 is 0.441 bits per heavy atom. The Balaban J connectivity index is 3.97. The SMILES string of the molecule is CCCCCC/C=C\C/C=C\CCCCCCCCCC(=O)OCC(COP(=O)(O)OCCN)OC(=O)CCCCCCCCCCCCCCCC/C=C\C/C=C\C/C=C\CCCCCCC. The highest BCUT2D eigenvalue weighted by molar-refractivity contribution is 7.47. The van der Waals surface area contributed by atoms with Crippen molar-refractivity contribution in [2.45, 2.75) is 270 Å². The quantitative estimate of drug-likeness (QED) is 0.0264. The van der Waals surface area contributed by atoms with Crippen molar-refractivity contribution >= 4 is 19.8 Å². The third-order valence-corrected chi connectivity index (χ3v) is 13.1. The van der Waals surface area contributed by atoms with E-state index in [2.05, 4.69) is 74.6 Å². The van der Waals surface area contributed by atoms with Crippen LogP contribution < -0.4 is 5.73 Å². The predicted octanol–water partition coefficient (Wildman–Crippen LogP) is 17.6. The predicted molar refractivity (Wildman–Crippen MR) is 289 cm³/mol. The zero-order valence-electron chi connectivity index (χ0n) is 44.1. The van der Waals surface area contributed by atoms with E-state index in [0.717, 1.165) is 70.6 Å². The van der Waals surface area contributed by atoms with Gasteiger partial charge >= 0.3 is 19.8 Å². The normalized spacial score (nSPS) is 13.5. The molecule has 0 fully saturated rings. The summed E-state index contributed by atoms with van der Waals surface area (Å²) < 4.78 is 33.0. The fourth-order valence-corrected chi connectivity index (χ4v) is 8.67. The molecular formula is C58H106NO8P. The maximum Gasteiger partial charge on any atom is 0.472 e. The van der Waals surface area contributed by atoms with Gasteiger partial charge in [0.15, 0.2) is 6.10 Å². The summed E-state index contributed by atoms with van der Waals surface area (Å²) >= 11 is 0. The molecular weight excluding hydrogens is 870 g/mol. The molecule has 0 saturated carbocycles. The van der Waals surface area contributed by atoms with E-state index < -0.39 is 26.5 Å². The monoisotopic (exact) mass is 976 g/mol. The standard InChI is InChI=1S/C58H106NO8P/c1-3-5-7-9-11-13-15-17-19-21-23-24-25-26-27-28-29-30-31-32-33-35-37-39-41-43-45-47-49-51-58(61)67-56(55-66-68(62,63)65-53-52-59)54-64-57(60)50-48-46-44-42-40-38-36-34-22-20-18-16-14-12-10-8-6-4-2/h14-17,20-23,25-26,56H,3-13,18-19,24,27-55,59H2,1-2H3,(H,62,63)/b16-14-,17-15-,22-20-,23-21-,26-25-. The van der Waals surface area contributed by atoms with Crippen molar-refractivity contribution in [2.24, 2.45) is 5.73 Å². The van der Waals surface area contributed by atoms with Gasteiger partial charge in [0.25, 0.3) is 0 Å². The van der Waals surface area contributed by atoms with Crippen molar-refractivity contribution in [3.63, 3.8) is 0 Å². The second-order valence-electron chi connectivity index (χ2n) is 18.8. The smallest absolute Gasteiger partial charge is 0.462 e. The number of ether oxygens (including phenoxy) is 2. The molecule has 0 rings (SSSR count). The third-order valence-electron chi connectivity index (χ3n) is 12.1. The van der Waals surface area contributed by atoms with Gasteiger partial charge in [0, 0.05) is 19.4 Å². The van der Waals surface area contributed by atoms with E-state index in [-0.39, 0.29) is 38.6 Å². The number of hydrogen-bond acceptors (Lipinski definition) is 8. The molecule has 0 spiro atoms. The van der Waals surface area contributed by atoms with Crippen LogP contribution in [-0.4, -0.2) is 49.3 Å². The Morgan fingerprint density at radius 3 is 1.15 bits per heavy atom. The molecule has 0 aromatic carbocycles. The molecule has 0 saturated heterocycles. The fourth-order valence-electron chi connectivity index (χ4n) is 7.91. The molecule has 0 bridgehead atoms. The number of unbranched alkanes of at least 4 members (excludes halogenated alkanes) is 30. The molecule has 0 amide bonds. The summed E-state index contributed by atoms with van der Waals surface area (Å²) in [5.74, 6) is -0.832. The summed E-state index contributed by atoms with van der Waals surface area (Å²) in [6.07, 6.45) is 67.0. The number of nitrogens with two attached hydrogens (primary N) is 1. The second kappa shape index (κ2) is 54.1. The van der Waals surface area contributed by atoms with Crippen LogP contribution in [0, 0.1) is 0 Å². The first kappa shape index (κ1) is 65.7. The molecule has 0 aliphatic carbocycles. The summed E-state index contributed by atoms with van der Waals surface area (Å²) in [6, 6.07) is 0. The molecule has 396 valence electrons. The summed E-state index contributed by atoms with van der Waals surface area (Å²) in [7, 11) is -4.39. The number of carbonyl (C=O) groups excluding carboxylic acids is 2. The van der Waals surface area contributed by atoms with Crippen molar-refractivity contribution in [3.05, 3.63) is 60.8 Å². The first-order chi connectivity index (χ1) is 33.3. The van der Waals surface area contributed by atoms with Crippen LogP contribution >= 0.6 is 7.82 Å². The maximum absolute atomic E-state index is 12.7. The molecule has 9 nitrogen and oxygen atoms in total. The van der Waals surface area contributed by atoms with Crippen LogP contribution in [0.4, 0.5) is 0 Å². The average molecular weight is 976 g/mol. The van der Waals surface area contributed by atoms with Gasteiger partial charge in [-0.1, -0.05) is 229 Å². The highest BCUT2D eigenvalue weighted by Gasteiger charge is 2.26. The highest BCUT2D eigenvalue weighted by atomic mass is 31.2. The van der Waals surface area contributed by atoms with Gasteiger partial charge in [-0.05, 0) is 83.5 Å². The lowest BCUT2D eigenvalue weighted by molar-refractivity contribution is -0.161. The van der Waals surface area contributed by atoms with Crippen molar-refractivity contribution in [2.75, 3.05) is 26.4 Å². The van der Waals surface area contributed by atoms with Gasteiger partial charge in [-0.25, -0.2) is 4.57 Å². The number of allylic oxidation sites excluding steroid dienone is 10. The molecule has 0 aliphatic rings. The van der Waals surface area contributed by atoms with E-state index in [1.54, 1.807) is 0 Å². The molecule has 3 N–H and O–H groups in total. The molecule has 0 aromatic rings. The van der Waals surface area contributed by atoms with Crippen LogP contribution in [0.5, 0.6) is 0 Å².